The lowest BCUT2D eigenvalue weighted by atomic mass is 9.86. The van der Waals surface area contributed by atoms with Gasteiger partial charge in [0.05, 0.1) is 0 Å². The predicted molar refractivity (Wildman–Crippen MR) is 119 cm³/mol. The highest BCUT2D eigenvalue weighted by atomic mass is 16.4. The molecule has 0 aliphatic rings. The van der Waals surface area contributed by atoms with E-state index in [0.717, 1.165) is 31.6 Å². The molecule has 4 heteroatoms. The summed E-state index contributed by atoms with van der Waals surface area (Å²) in [5, 5.41) is 9.31. The molecule has 0 rings (SSSR count). The molecule has 4 nitrogen and oxygen atoms in total. The molecule has 0 bridgehead atoms. The first-order valence-corrected chi connectivity index (χ1v) is 11.9. The molecule has 0 aliphatic carbocycles. The smallest absolute Gasteiger partial charge is 0.331 e. The van der Waals surface area contributed by atoms with Gasteiger partial charge in [0, 0.05) is 6.42 Å². The van der Waals surface area contributed by atoms with Crippen molar-refractivity contribution in [2.45, 2.75) is 135 Å². The van der Waals surface area contributed by atoms with Gasteiger partial charge < -0.3 is 10.8 Å². The molecule has 1 atom stereocenters. The minimum absolute atomic E-state index is 0.245. The Bertz CT molecular complexity index is 409. The molecule has 0 spiro atoms. The number of hydrogen-bond donors (Lipinski definition) is 2. The van der Waals surface area contributed by atoms with Crippen LogP contribution in [-0.2, 0) is 9.59 Å². The molecular weight excluding hydrogens is 350 g/mol. The summed E-state index contributed by atoms with van der Waals surface area (Å²) in [5.74, 6) is -0.637. The third-order valence-corrected chi connectivity index (χ3v) is 5.74. The second-order valence-electron chi connectivity index (χ2n) is 8.98. The van der Waals surface area contributed by atoms with Crippen LogP contribution in [0.5, 0.6) is 0 Å². The first-order valence-electron chi connectivity index (χ1n) is 11.9. The molecule has 0 radical (unpaired) electrons. The van der Waals surface area contributed by atoms with Crippen LogP contribution in [0.25, 0.3) is 0 Å². The van der Waals surface area contributed by atoms with Crippen molar-refractivity contribution < 1.29 is 14.7 Å². The second-order valence-corrected chi connectivity index (χ2v) is 8.98. The van der Waals surface area contributed by atoms with Crippen molar-refractivity contribution >= 4 is 11.8 Å². The van der Waals surface area contributed by atoms with Gasteiger partial charge in [-0.1, -0.05) is 111 Å². The fourth-order valence-corrected chi connectivity index (χ4v) is 3.65. The maximum atomic E-state index is 12.2. The zero-order chi connectivity index (χ0) is 21.3. The maximum absolute atomic E-state index is 12.2. The fraction of sp³-hybridized carbons (Fsp3) is 0.917. The topological polar surface area (TPSA) is 80.4 Å². The minimum Gasteiger partial charge on any atom is -0.480 e. The van der Waals surface area contributed by atoms with Crippen molar-refractivity contribution in [3.05, 3.63) is 0 Å². The van der Waals surface area contributed by atoms with Crippen LogP contribution in [0.1, 0.15) is 130 Å². The van der Waals surface area contributed by atoms with Crippen LogP contribution in [-0.4, -0.2) is 22.4 Å². The predicted octanol–water partition coefficient (Wildman–Crippen LogP) is 6.65. The number of nitrogens with two attached hydrogens (primary N) is 1. The third kappa shape index (κ3) is 13.3. The Labute approximate surface area is 174 Å². The summed E-state index contributed by atoms with van der Waals surface area (Å²) >= 11 is 0. The summed E-state index contributed by atoms with van der Waals surface area (Å²) < 4.78 is 0. The van der Waals surface area contributed by atoms with E-state index in [4.69, 9.17) is 5.73 Å². The van der Waals surface area contributed by atoms with Gasteiger partial charge in [-0.3, -0.25) is 4.79 Å². The average molecular weight is 398 g/mol. The summed E-state index contributed by atoms with van der Waals surface area (Å²) in [6.07, 6.45) is 18.3. The van der Waals surface area contributed by atoms with Crippen molar-refractivity contribution in [3.63, 3.8) is 0 Å². The number of rotatable bonds is 20. The van der Waals surface area contributed by atoms with Gasteiger partial charge in [0.15, 0.2) is 11.3 Å². The van der Waals surface area contributed by atoms with E-state index < -0.39 is 11.5 Å². The fourth-order valence-electron chi connectivity index (χ4n) is 3.65. The lowest BCUT2D eigenvalue weighted by Gasteiger charge is -2.23. The molecule has 0 aromatic rings. The van der Waals surface area contributed by atoms with Gasteiger partial charge in [0.1, 0.15) is 0 Å². The van der Waals surface area contributed by atoms with Crippen LogP contribution >= 0.6 is 0 Å². The number of carbonyl (C=O) groups is 2. The molecule has 0 aliphatic heterocycles. The molecular formula is C24H47NO3. The molecule has 0 saturated carbocycles. The summed E-state index contributed by atoms with van der Waals surface area (Å²) in [4.78, 5) is 23.6. The lowest BCUT2D eigenvalue weighted by Crippen LogP contribution is -2.54. The minimum atomic E-state index is -1.68. The standard InChI is InChI=1S/C24H47NO3/c1-4-5-20-24(25,23(27)28)22(26)19-17-15-13-11-9-7-6-8-10-12-14-16-18-21(2)3/h21H,4-20,25H2,1-3H3,(H,27,28). The molecule has 166 valence electrons. The quantitative estimate of drug-likeness (QED) is 0.178. The highest BCUT2D eigenvalue weighted by Gasteiger charge is 2.40. The Morgan fingerprint density at radius 1 is 0.786 bits per heavy atom. The SMILES string of the molecule is CCCCC(N)(C(=O)O)C(=O)CCCCCCCCCCCCCCC(C)C. The lowest BCUT2D eigenvalue weighted by molar-refractivity contribution is -0.148. The molecule has 0 saturated heterocycles. The molecule has 0 fully saturated rings. The third-order valence-electron chi connectivity index (χ3n) is 5.74. The Morgan fingerprint density at radius 3 is 1.61 bits per heavy atom. The number of unbranched alkanes of at least 4 members (excludes halogenated alkanes) is 12. The van der Waals surface area contributed by atoms with E-state index in [0.29, 0.717) is 12.8 Å². The number of aliphatic carboxylic acids is 1. The van der Waals surface area contributed by atoms with Gasteiger partial charge in [0.2, 0.25) is 0 Å². The summed E-state index contributed by atoms with van der Waals surface area (Å²) in [7, 11) is 0. The molecule has 3 N–H and O–H groups in total. The molecule has 0 aromatic heterocycles. The van der Waals surface area contributed by atoms with Crippen molar-refractivity contribution in [3.8, 4) is 0 Å². The second kappa shape index (κ2) is 17.0. The monoisotopic (exact) mass is 397 g/mol. The Kier molecular flexibility index (Phi) is 16.5. The van der Waals surface area contributed by atoms with E-state index in [1.165, 1.54) is 64.2 Å². The number of hydrogen-bond acceptors (Lipinski definition) is 3. The Morgan fingerprint density at radius 2 is 1.21 bits per heavy atom. The van der Waals surface area contributed by atoms with Crippen LogP contribution < -0.4 is 5.73 Å². The van der Waals surface area contributed by atoms with Crippen LogP contribution in [0.15, 0.2) is 0 Å². The van der Waals surface area contributed by atoms with Crippen molar-refractivity contribution in [2.75, 3.05) is 0 Å². The first kappa shape index (κ1) is 27.1. The zero-order valence-electron chi connectivity index (χ0n) is 18.9. The van der Waals surface area contributed by atoms with E-state index >= 15 is 0 Å². The molecule has 0 amide bonds. The molecule has 1 unspecified atom stereocenters. The van der Waals surface area contributed by atoms with Gasteiger partial charge in [-0.2, -0.15) is 0 Å². The number of ketones is 1. The van der Waals surface area contributed by atoms with Gasteiger partial charge in [-0.05, 0) is 18.8 Å². The van der Waals surface area contributed by atoms with Crippen molar-refractivity contribution in [1.29, 1.82) is 0 Å². The van der Waals surface area contributed by atoms with E-state index in [9.17, 15) is 14.7 Å². The average Bonchev–Trinajstić information content (AvgIpc) is 2.65. The van der Waals surface area contributed by atoms with E-state index in [1.54, 1.807) is 0 Å². The van der Waals surface area contributed by atoms with Crippen molar-refractivity contribution in [1.82, 2.24) is 0 Å². The highest BCUT2D eigenvalue weighted by molar-refractivity contribution is 6.07. The molecule has 0 heterocycles. The Hall–Kier alpha value is -0.900. The van der Waals surface area contributed by atoms with Crippen LogP contribution in [0, 0.1) is 5.92 Å². The van der Waals surface area contributed by atoms with Gasteiger partial charge in [-0.25, -0.2) is 4.79 Å². The number of Topliss-reactive ketones (excluding diaryl/α,β-unsaturated/α-hetero) is 1. The summed E-state index contributed by atoms with van der Waals surface area (Å²) in [5.41, 5.74) is 4.21. The first-order chi connectivity index (χ1) is 13.3. The Balaban J connectivity index is 3.56. The number of carboxylic acids is 1. The highest BCUT2D eigenvalue weighted by Crippen LogP contribution is 2.18. The van der Waals surface area contributed by atoms with E-state index in [-0.39, 0.29) is 12.2 Å². The van der Waals surface area contributed by atoms with Gasteiger partial charge in [-0.15, -0.1) is 0 Å². The largest absolute Gasteiger partial charge is 0.480 e. The zero-order valence-corrected chi connectivity index (χ0v) is 18.9. The van der Waals surface area contributed by atoms with E-state index in [2.05, 4.69) is 13.8 Å². The van der Waals surface area contributed by atoms with Crippen molar-refractivity contribution in [2.24, 2.45) is 11.7 Å². The van der Waals surface area contributed by atoms with Crippen LogP contribution in [0.2, 0.25) is 0 Å². The number of carboxylic acid groups (broad SMARTS) is 1. The number of carbonyl (C=O) groups excluding carboxylic acids is 1. The van der Waals surface area contributed by atoms with E-state index in [1.807, 2.05) is 6.92 Å². The molecule has 0 aromatic carbocycles. The van der Waals surface area contributed by atoms with Gasteiger partial charge >= 0.3 is 5.97 Å². The molecule has 28 heavy (non-hydrogen) atoms. The summed E-state index contributed by atoms with van der Waals surface area (Å²) in [6.45, 7) is 6.57. The van der Waals surface area contributed by atoms with Crippen LogP contribution in [0.4, 0.5) is 0 Å². The maximum Gasteiger partial charge on any atom is 0.331 e. The summed E-state index contributed by atoms with van der Waals surface area (Å²) in [6, 6.07) is 0. The normalized spacial score (nSPS) is 13.6. The van der Waals surface area contributed by atoms with Gasteiger partial charge in [0.25, 0.3) is 0 Å². The van der Waals surface area contributed by atoms with Crippen LogP contribution in [0.3, 0.4) is 0 Å².